The molecule has 3 aliphatic heterocycles. The standard InChI is InChI=1S/C26H24ClF3N4O4S/c1-38-24(37)20-16(10-34-17-6-12(8-19(35)36)7-18(34)26(30)11-25(17,26)29)32-22(23-31-4-5-39-23)33-21(20)14-3-2-13(28)9-15(14)27/h2-5,9,12,17-18,21H,6-8,10-11H2,1H3,(H,32,33)(H,35,36)/t12-,17-,18+,21-,25?,26?/m0/s1. The molecule has 6 atom stereocenters. The summed E-state index contributed by atoms with van der Waals surface area (Å²) in [6, 6.07) is 1.04. The highest BCUT2D eigenvalue weighted by Gasteiger charge is 2.85. The van der Waals surface area contributed by atoms with Crippen molar-refractivity contribution in [3.05, 3.63) is 62.5 Å². The minimum atomic E-state index is -2.07. The van der Waals surface area contributed by atoms with Gasteiger partial charge in [0.2, 0.25) is 0 Å². The molecular weight excluding hydrogens is 557 g/mol. The van der Waals surface area contributed by atoms with Crippen LogP contribution in [0.3, 0.4) is 0 Å². The van der Waals surface area contributed by atoms with Crippen molar-refractivity contribution < 1.29 is 32.6 Å². The highest BCUT2D eigenvalue weighted by molar-refractivity contribution is 7.11. The maximum absolute atomic E-state index is 15.8. The van der Waals surface area contributed by atoms with Gasteiger partial charge >= 0.3 is 11.9 Å². The van der Waals surface area contributed by atoms with Crippen molar-refractivity contribution in [2.75, 3.05) is 13.7 Å². The van der Waals surface area contributed by atoms with Crippen molar-refractivity contribution in [1.29, 1.82) is 0 Å². The SMILES string of the molecule is COC(=O)C1=C(CN2[C@H]3C[C@H](CC(=O)O)C[C@@H]2C2(F)CC32F)NC(c2nccs2)=N[C@H]1c1ccc(F)cc1Cl. The number of benzene rings is 1. The molecule has 1 saturated carbocycles. The van der Waals surface area contributed by atoms with Crippen molar-refractivity contribution in [2.24, 2.45) is 10.9 Å². The van der Waals surface area contributed by atoms with E-state index in [1.165, 1.54) is 30.6 Å². The molecule has 6 rings (SSSR count). The average molecular weight is 581 g/mol. The Hall–Kier alpha value is -2.96. The van der Waals surface area contributed by atoms with Gasteiger partial charge in [-0.1, -0.05) is 17.7 Å². The first-order valence-electron chi connectivity index (χ1n) is 12.4. The van der Waals surface area contributed by atoms with Gasteiger partial charge in [-0.3, -0.25) is 14.7 Å². The number of alkyl halides is 2. The Morgan fingerprint density at radius 3 is 2.59 bits per heavy atom. The molecule has 0 spiro atoms. The number of ether oxygens (including phenoxy) is 1. The zero-order chi connectivity index (χ0) is 27.7. The van der Waals surface area contributed by atoms with Gasteiger partial charge in [0.1, 0.15) is 11.9 Å². The second kappa shape index (κ2) is 9.31. The van der Waals surface area contributed by atoms with Crippen LogP contribution in [0.25, 0.3) is 0 Å². The number of halogens is 4. The fraction of sp³-hybridized carbons (Fsp3) is 0.462. The lowest BCUT2D eigenvalue weighted by Gasteiger charge is -2.42. The molecule has 4 heterocycles. The number of nitrogens with zero attached hydrogens (tertiary/aromatic N) is 3. The molecule has 2 aromatic rings. The van der Waals surface area contributed by atoms with E-state index in [1.807, 2.05) is 0 Å². The molecule has 39 heavy (non-hydrogen) atoms. The molecule has 4 aliphatic rings. The van der Waals surface area contributed by atoms with E-state index in [2.05, 4.69) is 15.3 Å². The van der Waals surface area contributed by atoms with Crippen LogP contribution in [0.5, 0.6) is 0 Å². The molecular formula is C26H24ClF3N4O4S. The predicted octanol–water partition coefficient (Wildman–Crippen LogP) is 4.21. The zero-order valence-corrected chi connectivity index (χ0v) is 22.2. The van der Waals surface area contributed by atoms with Gasteiger partial charge in [0.05, 0.1) is 12.7 Å². The summed E-state index contributed by atoms with van der Waals surface area (Å²) in [5.41, 5.74) is -3.41. The molecule has 2 saturated heterocycles. The lowest BCUT2D eigenvalue weighted by molar-refractivity contribution is -0.139. The summed E-state index contributed by atoms with van der Waals surface area (Å²) in [6.07, 6.45) is 1.58. The molecule has 3 fully saturated rings. The van der Waals surface area contributed by atoms with Gasteiger partial charge in [0, 0.05) is 59.3 Å². The van der Waals surface area contributed by atoms with E-state index in [4.69, 9.17) is 16.3 Å². The Morgan fingerprint density at radius 1 is 1.28 bits per heavy atom. The monoisotopic (exact) mass is 580 g/mol. The topological polar surface area (TPSA) is 104 Å². The van der Waals surface area contributed by atoms with Crippen LogP contribution in [-0.4, -0.2) is 69.8 Å². The van der Waals surface area contributed by atoms with E-state index in [1.54, 1.807) is 16.5 Å². The fourth-order valence-electron chi connectivity index (χ4n) is 6.52. The van der Waals surface area contributed by atoms with E-state index < -0.39 is 47.2 Å². The fourth-order valence-corrected chi connectivity index (χ4v) is 7.38. The summed E-state index contributed by atoms with van der Waals surface area (Å²) in [7, 11) is 1.21. The second-order valence-corrected chi connectivity index (χ2v) is 11.7. The van der Waals surface area contributed by atoms with Gasteiger partial charge in [0.15, 0.2) is 22.2 Å². The number of rotatable bonds is 7. The first kappa shape index (κ1) is 26.3. The van der Waals surface area contributed by atoms with Gasteiger partial charge in [-0.25, -0.2) is 22.9 Å². The smallest absolute Gasteiger partial charge is 0.338 e. The van der Waals surface area contributed by atoms with Gasteiger partial charge in [-0.15, -0.1) is 11.3 Å². The summed E-state index contributed by atoms with van der Waals surface area (Å²) >= 11 is 7.69. The van der Waals surface area contributed by atoms with Crippen LogP contribution in [0.15, 0.2) is 46.0 Å². The van der Waals surface area contributed by atoms with Crippen LogP contribution in [0, 0.1) is 11.7 Å². The van der Waals surface area contributed by atoms with E-state index in [9.17, 15) is 19.1 Å². The summed E-state index contributed by atoms with van der Waals surface area (Å²) in [4.78, 5) is 35.2. The number of fused-ring (bicyclic) bond motifs is 5. The number of thiazole rings is 1. The second-order valence-electron chi connectivity index (χ2n) is 10.4. The highest BCUT2D eigenvalue weighted by atomic mass is 35.5. The van der Waals surface area contributed by atoms with E-state index >= 15 is 8.78 Å². The molecule has 13 heteroatoms. The third-order valence-electron chi connectivity index (χ3n) is 8.28. The number of aliphatic carboxylic acids is 1. The maximum Gasteiger partial charge on any atom is 0.338 e. The summed E-state index contributed by atoms with van der Waals surface area (Å²) in [6.45, 7) is -0.0450. The van der Waals surface area contributed by atoms with Gasteiger partial charge in [-0.2, -0.15) is 0 Å². The van der Waals surface area contributed by atoms with Crippen LogP contribution < -0.4 is 5.32 Å². The first-order chi connectivity index (χ1) is 18.6. The number of carbonyl (C=O) groups excluding carboxylic acids is 1. The number of nitrogens with one attached hydrogen (secondary N) is 1. The molecule has 0 amide bonds. The predicted molar refractivity (Wildman–Crippen MR) is 137 cm³/mol. The molecule has 2 N–H and O–H groups in total. The lowest BCUT2D eigenvalue weighted by atomic mass is 9.84. The number of amidine groups is 1. The third-order valence-corrected chi connectivity index (χ3v) is 9.39. The normalized spacial score (nSPS) is 33.3. The van der Waals surface area contributed by atoms with E-state index in [-0.39, 0.29) is 48.7 Å². The van der Waals surface area contributed by atoms with Crippen LogP contribution in [0.1, 0.15) is 42.3 Å². The molecule has 1 aromatic heterocycles. The molecule has 1 aliphatic carbocycles. The number of aliphatic imine (C=N–C) groups is 1. The molecule has 8 nitrogen and oxygen atoms in total. The van der Waals surface area contributed by atoms with E-state index in [0.29, 0.717) is 22.1 Å². The Labute approximate surface area is 230 Å². The number of esters is 1. The quantitative estimate of drug-likeness (QED) is 0.473. The van der Waals surface area contributed by atoms with Crippen molar-refractivity contribution in [3.63, 3.8) is 0 Å². The van der Waals surface area contributed by atoms with Crippen LogP contribution >= 0.6 is 22.9 Å². The number of aromatic nitrogens is 1. The highest BCUT2D eigenvalue weighted by Crippen LogP contribution is 2.70. The molecule has 206 valence electrons. The Bertz CT molecular complexity index is 1400. The number of carboxylic acid groups (broad SMARTS) is 1. The maximum atomic E-state index is 15.8. The molecule has 2 bridgehead atoms. The van der Waals surface area contributed by atoms with Crippen molar-refractivity contribution in [1.82, 2.24) is 15.2 Å². The summed E-state index contributed by atoms with van der Waals surface area (Å²) in [5.74, 6) is -2.33. The number of hydrogen-bond acceptors (Lipinski definition) is 8. The lowest BCUT2D eigenvalue weighted by Crippen LogP contribution is -2.52. The summed E-state index contributed by atoms with van der Waals surface area (Å²) < 4.78 is 50.6. The zero-order valence-electron chi connectivity index (χ0n) is 20.7. The minimum Gasteiger partial charge on any atom is -0.481 e. The van der Waals surface area contributed by atoms with Crippen molar-refractivity contribution in [3.8, 4) is 0 Å². The number of piperidine rings is 2. The van der Waals surface area contributed by atoms with Crippen LogP contribution in [0.4, 0.5) is 13.2 Å². The van der Waals surface area contributed by atoms with Crippen molar-refractivity contribution >= 4 is 40.7 Å². The van der Waals surface area contributed by atoms with E-state index in [0.717, 1.165) is 6.07 Å². The van der Waals surface area contributed by atoms with Gasteiger partial charge in [-0.05, 0) is 30.9 Å². The molecule has 0 radical (unpaired) electrons. The largest absolute Gasteiger partial charge is 0.481 e. The minimum absolute atomic E-state index is 0.0450. The van der Waals surface area contributed by atoms with Gasteiger partial charge < -0.3 is 15.2 Å². The molecule has 1 aromatic carbocycles. The Morgan fingerprint density at radius 2 is 2.00 bits per heavy atom. The Balaban J connectivity index is 1.42. The number of hydrogen-bond donors (Lipinski definition) is 2. The van der Waals surface area contributed by atoms with Crippen molar-refractivity contribution in [2.45, 2.75) is 55.1 Å². The number of carboxylic acids is 1. The summed E-state index contributed by atoms with van der Waals surface area (Å²) in [5, 5.41) is 14.7. The average Bonchev–Trinajstić information content (AvgIpc) is 3.18. The molecule has 2 unspecified atom stereocenters. The number of methoxy groups -OCH3 is 1. The Kier molecular flexibility index (Phi) is 6.27. The first-order valence-corrected chi connectivity index (χ1v) is 13.7. The third kappa shape index (κ3) is 4.15. The van der Waals surface area contributed by atoms with Crippen LogP contribution in [-0.2, 0) is 14.3 Å². The van der Waals surface area contributed by atoms with Crippen LogP contribution in [0.2, 0.25) is 5.02 Å². The number of carbonyl (C=O) groups is 2. The van der Waals surface area contributed by atoms with Gasteiger partial charge in [0.25, 0.3) is 0 Å².